The van der Waals surface area contributed by atoms with Crippen LogP contribution in [0.4, 0.5) is 10.6 Å². The number of hydrogen-bond donors (Lipinski definition) is 1. The third-order valence-corrected chi connectivity index (χ3v) is 5.21. The Kier molecular flexibility index (Phi) is 6.20. The molecule has 2 aromatic carbocycles. The summed E-state index contributed by atoms with van der Waals surface area (Å²) in [4.78, 5) is 27.1. The number of rotatable bonds is 7. The Morgan fingerprint density at radius 2 is 1.89 bits per heavy atom. The van der Waals surface area contributed by atoms with Crippen LogP contribution in [0.15, 0.2) is 83.1 Å². The van der Waals surface area contributed by atoms with Crippen molar-refractivity contribution in [2.75, 3.05) is 5.32 Å². The molecule has 174 valence electrons. The van der Waals surface area contributed by atoms with E-state index in [9.17, 15) is 4.79 Å². The molecule has 1 aliphatic rings. The van der Waals surface area contributed by atoms with Gasteiger partial charge in [-0.15, -0.1) is 5.10 Å². The van der Waals surface area contributed by atoms with Crippen LogP contribution in [0.2, 0.25) is 0 Å². The van der Waals surface area contributed by atoms with Crippen molar-refractivity contribution in [1.82, 2.24) is 25.2 Å². The fraction of sp³-hybridized carbons (Fsp3) is 0.125. The molecule has 4 aromatic rings. The van der Waals surface area contributed by atoms with Crippen LogP contribution in [0.1, 0.15) is 28.2 Å². The van der Waals surface area contributed by atoms with Gasteiger partial charge in [-0.1, -0.05) is 71.0 Å². The van der Waals surface area contributed by atoms with Gasteiger partial charge in [0.05, 0.1) is 11.4 Å². The van der Waals surface area contributed by atoms with Gasteiger partial charge in [0.1, 0.15) is 5.82 Å². The summed E-state index contributed by atoms with van der Waals surface area (Å²) in [7, 11) is 1.72. The minimum atomic E-state index is -0.730. The van der Waals surface area contributed by atoms with Gasteiger partial charge in [0.15, 0.2) is 12.3 Å². The fourth-order valence-corrected chi connectivity index (χ4v) is 3.47. The van der Waals surface area contributed by atoms with Gasteiger partial charge < -0.3 is 4.84 Å². The first kappa shape index (κ1) is 21.9. The van der Waals surface area contributed by atoms with Crippen molar-refractivity contribution >= 4 is 23.3 Å². The molecule has 35 heavy (non-hydrogen) atoms. The molecular formula is C24H20N8O3. The second-order valence-corrected chi connectivity index (χ2v) is 7.60. The topological polar surface area (TPSA) is 129 Å². The highest BCUT2D eigenvalue weighted by molar-refractivity contribution is 6.10. The van der Waals surface area contributed by atoms with Gasteiger partial charge in [0.25, 0.3) is 0 Å². The zero-order chi connectivity index (χ0) is 24.0. The smallest absolute Gasteiger partial charge is 0.389 e. The summed E-state index contributed by atoms with van der Waals surface area (Å²) in [6, 6.07) is 22.4. The molecule has 1 amide bonds. The van der Waals surface area contributed by atoms with Crippen molar-refractivity contribution in [3.05, 3.63) is 101 Å². The zero-order valence-corrected chi connectivity index (χ0v) is 18.7. The van der Waals surface area contributed by atoms with E-state index in [1.165, 1.54) is 10.2 Å². The minimum absolute atomic E-state index is 0.0608. The van der Waals surface area contributed by atoms with Crippen LogP contribution in [0.5, 0.6) is 0 Å². The summed E-state index contributed by atoms with van der Waals surface area (Å²) in [5.41, 5.74) is 4.73. The number of carbonyl (C=O) groups is 1. The number of tetrazole rings is 1. The summed E-state index contributed by atoms with van der Waals surface area (Å²) in [5.74, 6) is 0.758. The summed E-state index contributed by atoms with van der Waals surface area (Å²) >= 11 is 0. The van der Waals surface area contributed by atoms with Crippen molar-refractivity contribution in [3.8, 4) is 0 Å². The number of nitrogens with one attached hydrogen (secondary N) is 1. The predicted octanol–water partition coefficient (Wildman–Crippen LogP) is 3.08. The first-order valence-electron chi connectivity index (χ1n) is 10.7. The van der Waals surface area contributed by atoms with Gasteiger partial charge in [-0.25, -0.2) is 14.5 Å². The van der Waals surface area contributed by atoms with Crippen molar-refractivity contribution < 1.29 is 14.5 Å². The normalized spacial score (nSPS) is 13.6. The van der Waals surface area contributed by atoms with Gasteiger partial charge in [0, 0.05) is 24.6 Å². The molecule has 11 nitrogen and oxygen atoms in total. The van der Waals surface area contributed by atoms with E-state index in [0.29, 0.717) is 29.5 Å². The van der Waals surface area contributed by atoms with Crippen LogP contribution in [-0.4, -0.2) is 42.7 Å². The van der Waals surface area contributed by atoms with Crippen molar-refractivity contribution in [2.24, 2.45) is 17.4 Å². The number of aromatic nitrogens is 5. The number of nitrogens with zero attached hydrogens (tertiary/aromatic N) is 7. The number of benzene rings is 2. The van der Waals surface area contributed by atoms with E-state index < -0.39 is 6.09 Å². The lowest BCUT2D eigenvalue weighted by Gasteiger charge is -2.19. The average molecular weight is 468 g/mol. The first-order valence-corrected chi connectivity index (χ1v) is 10.7. The van der Waals surface area contributed by atoms with Crippen LogP contribution in [-0.2, 0) is 29.8 Å². The van der Waals surface area contributed by atoms with Crippen LogP contribution >= 0.6 is 0 Å². The van der Waals surface area contributed by atoms with E-state index in [-0.39, 0.29) is 6.61 Å². The van der Waals surface area contributed by atoms with Crippen molar-refractivity contribution in [3.63, 3.8) is 0 Å². The SMILES string of the molecule is Cn1nnnc1/C(=N/OCc1cccc(NC(=O)O/N=C2\Cc3ccccc32)n1)c1ccccc1. The summed E-state index contributed by atoms with van der Waals surface area (Å²) < 4.78 is 1.51. The molecule has 0 bridgehead atoms. The van der Waals surface area contributed by atoms with E-state index in [1.807, 2.05) is 54.6 Å². The number of amides is 1. The van der Waals surface area contributed by atoms with E-state index in [0.717, 1.165) is 16.8 Å². The van der Waals surface area contributed by atoms with E-state index in [4.69, 9.17) is 9.68 Å². The third kappa shape index (κ3) is 5.03. The lowest BCUT2D eigenvalue weighted by atomic mass is 9.87. The maximum Gasteiger partial charge on any atom is 0.439 e. The van der Waals surface area contributed by atoms with Gasteiger partial charge in [-0.2, -0.15) is 0 Å². The van der Waals surface area contributed by atoms with Crippen LogP contribution < -0.4 is 5.32 Å². The van der Waals surface area contributed by atoms with Gasteiger partial charge in [-0.05, 0) is 28.1 Å². The van der Waals surface area contributed by atoms with Gasteiger partial charge >= 0.3 is 6.09 Å². The van der Waals surface area contributed by atoms with Crippen LogP contribution in [0.25, 0.3) is 0 Å². The molecule has 2 aromatic heterocycles. The zero-order valence-electron chi connectivity index (χ0n) is 18.7. The molecule has 0 spiro atoms. The molecule has 0 radical (unpaired) electrons. The lowest BCUT2D eigenvalue weighted by Crippen LogP contribution is -2.21. The second kappa shape index (κ2) is 9.91. The molecule has 1 aliphatic carbocycles. The molecule has 2 heterocycles. The molecule has 0 saturated carbocycles. The third-order valence-electron chi connectivity index (χ3n) is 5.21. The van der Waals surface area contributed by atoms with Crippen molar-refractivity contribution in [1.29, 1.82) is 0 Å². The molecule has 0 aliphatic heterocycles. The maximum atomic E-state index is 12.1. The number of hydrogen-bond acceptors (Lipinski definition) is 9. The highest BCUT2D eigenvalue weighted by Crippen LogP contribution is 2.23. The second-order valence-electron chi connectivity index (χ2n) is 7.60. The number of anilines is 1. The number of pyridine rings is 1. The minimum Gasteiger partial charge on any atom is -0.389 e. The Hall–Kier alpha value is -4.93. The Morgan fingerprint density at radius 3 is 2.69 bits per heavy atom. The molecule has 5 rings (SSSR count). The van der Waals surface area contributed by atoms with Gasteiger partial charge in [-0.3, -0.25) is 10.2 Å². The van der Waals surface area contributed by atoms with Gasteiger partial charge in [0.2, 0.25) is 5.82 Å². The Balaban J connectivity index is 1.22. The lowest BCUT2D eigenvalue weighted by molar-refractivity contribution is 0.128. The van der Waals surface area contributed by atoms with Crippen LogP contribution in [0, 0.1) is 0 Å². The maximum absolute atomic E-state index is 12.1. The van der Waals surface area contributed by atoms with Crippen LogP contribution in [0.3, 0.4) is 0 Å². The first-order chi connectivity index (χ1) is 17.2. The Morgan fingerprint density at radius 1 is 1.06 bits per heavy atom. The number of oxime groups is 2. The summed E-state index contributed by atoms with van der Waals surface area (Å²) in [6.07, 6.45) is -0.0589. The highest BCUT2D eigenvalue weighted by Gasteiger charge is 2.21. The fourth-order valence-electron chi connectivity index (χ4n) is 3.47. The number of fused-ring (bicyclic) bond motifs is 1. The monoisotopic (exact) mass is 468 g/mol. The van der Waals surface area contributed by atoms with Crippen molar-refractivity contribution in [2.45, 2.75) is 13.0 Å². The standard InChI is InChI=1S/C24H20N8O3/c1-32-23(27-30-31-32)22(16-8-3-2-4-9-16)29-34-15-18-11-7-13-21(25-18)26-24(33)35-28-20-14-17-10-5-6-12-19(17)20/h2-13H,14-15H2,1H3,(H,25,26,33)/b28-20+,29-22+. The quantitative estimate of drug-likeness (QED) is 0.251. The van der Waals surface area contributed by atoms with E-state index in [1.54, 1.807) is 25.2 Å². The Labute approximate surface area is 200 Å². The molecule has 11 heteroatoms. The molecule has 0 fully saturated rings. The highest BCUT2D eigenvalue weighted by atomic mass is 16.7. The van der Waals surface area contributed by atoms with E-state index >= 15 is 0 Å². The molecule has 0 atom stereocenters. The number of aryl methyl sites for hydroxylation is 1. The predicted molar refractivity (Wildman–Crippen MR) is 127 cm³/mol. The molecule has 0 unspecified atom stereocenters. The molecule has 0 saturated heterocycles. The average Bonchev–Trinajstić information content (AvgIpc) is 3.28. The Bertz CT molecular complexity index is 1420. The molecular weight excluding hydrogens is 448 g/mol. The molecule has 1 N–H and O–H groups in total. The number of carbonyl (C=O) groups excluding carboxylic acids is 1. The summed E-state index contributed by atoms with van der Waals surface area (Å²) in [6.45, 7) is 0.0608. The summed E-state index contributed by atoms with van der Waals surface area (Å²) in [5, 5.41) is 22.3. The largest absolute Gasteiger partial charge is 0.439 e. The van der Waals surface area contributed by atoms with E-state index in [2.05, 4.69) is 36.1 Å².